The van der Waals surface area contributed by atoms with Crippen LogP contribution in [-0.2, 0) is 0 Å². The fourth-order valence-corrected chi connectivity index (χ4v) is 4.21. The Morgan fingerprint density at radius 2 is 2.38 bits per heavy atom. The Kier molecular flexibility index (Phi) is 4.57. The van der Waals surface area contributed by atoms with Gasteiger partial charge < -0.3 is 10.2 Å². The summed E-state index contributed by atoms with van der Waals surface area (Å²) in [5, 5.41) is 4.44. The lowest BCUT2D eigenvalue weighted by Crippen LogP contribution is -2.49. The number of thioether (sulfide) groups is 1. The van der Waals surface area contributed by atoms with Crippen molar-refractivity contribution in [1.82, 2.24) is 10.2 Å². The maximum absolute atomic E-state index is 3.56. The number of hydrogen-bond donors (Lipinski definition) is 1. The Labute approximate surface area is 105 Å². The number of piperidine rings is 1. The van der Waals surface area contributed by atoms with Crippen LogP contribution in [-0.4, -0.2) is 48.6 Å². The van der Waals surface area contributed by atoms with Gasteiger partial charge in [-0.25, -0.2) is 0 Å². The molecule has 0 amide bonds. The molecule has 3 heteroatoms. The zero-order chi connectivity index (χ0) is 11.4. The van der Waals surface area contributed by atoms with Crippen LogP contribution in [0.2, 0.25) is 0 Å². The van der Waals surface area contributed by atoms with Crippen molar-refractivity contribution < 1.29 is 0 Å². The van der Waals surface area contributed by atoms with E-state index in [0.717, 1.165) is 5.25 Å². The van der Waals surface area contributed by atoms with E-state index in [1.807, 2.05) is 0 Å². The van der Waals surface area contributed by atoms with Crippen LogP contribution in [0.15, 0.2) is 0 Å². The van der Waals surface area contributed by atoms with Gasteiger partial charge >= 0.3 is 0 Å². The minimum atomic E-state index is 0.526. The van der Waals surface area contributed by atoms with E-state index in [2.05, 4.69) is 35.8 Å². The second-order valence-corrected chi connectivity index (χ2v) is 7.14. The molecule has 94 valence electrons. The van der Waals surface area contributed by atoms with Crippen LogP contribution in [0.25, 0.3) is 0 Å². The van der Waals surface area contributed by atoms with Gasteiger partial charge in [0.25, 0.3) is 0 Å². The minimum Gasteiger partial charge on any atom is -0.316 e. The molecule has 1 N–H and O–H groups in total. The third kappa shape index (κ3) is 3.38. The molecule has 0 saturated carbocycles. The quantitative estimate of drug-likeness (QED) is 0.817. The molecule has 0 spiro atoms. The van der Waals surface area contributed by atoms with Gasteiger partial charge in [0.2, 0.25) is 0 Å². The number of rotatable bonds is 3. The fourth-order valence-electron chi connectivity index (χ4n) is 2.96. The molecular weight excluding hydrogens is 216 g/mol. The van der Waals surface area contributed by atoms with E-state index in [9.17, 15) is 0 Å². The van der Waals surface area contributed by atoms with E-state index in [1.54, 1.807) is 0 Å². The summed E-state index contributed by atoms with van der Waals surface area (Å²) in [4.78, 5) is 2.71. The zero-order valence-electron chi connectivity index (χ0n) is 10.8. The van der Waals surface area contributed by atoms with E-state index < -0.39 is 0 Å². The topological polar surface area (TPSA) is 15.3 Å². The molecule has 0 aromatic carbocycles. The van der Waals surface area contributed by atoms with E-state index >= 15 is 0 Å². The lowest BCUT2D eigenvalue weighted by molar-refractivity contribution is 0.135. The molecule has 2 unspecified atom stereocenters. The maximum atomic E-state index is 3.56. The predicted molar refractivity (Wildman–Crippen MR) is 73.2 cm³/mol. The van der Waals surface area contributed by atoms with Crippen LogP contribution < -0.4 is 5.32 Å². The fraction of sp³-hybridized carbons (Fsp3) is 1.00. The third-order valence-corrected chi connectivity index (χ3v) is 5.34. The highest BCUT2D eigenvalue weighted by Crippen LogP contribution is 2.29. The van der Waals surface area contributed by atoms with E-state index in [4.69, 9.17) is 0 Å². The van der Waals surface area contributed by atoms with Crippen molar-refractivity contribution in [2.24, 2.45) is 5.41 Å². The van der Waals surface area contributed by atoms with Crippen LogP contribution in [0, 0.1) is 5.41 Å². The Morgan fingerprint density at radius 1 is 1.50 bits per heavy atom. The summed E-state index contributed by atoms with van der Waals surface area (Å²) in [6.45, 7) is 11.1. The van der Waals surface area contributed by atoms with Gasteiger partial charge in [0.1, 0.15) is 0 Å². The second-order valence-electron chi connectivity index (χ2n) is 5.73. The number of hydrogen-bond acceptors (Lipinski definition) is 3. The van der Waals surface area contributed by atoms with Crippen molar-refractivity contribution >= 4 is 11.8 Å². The summed E-state index contributed by atoms with van der Waals surface area (Å²) in [5.74, 6) is 1.34. The third-order valence-electron chi connectivity index (χ3n) is 3.97. The van der Waals surface area contributed by atoms with Crippen molar-refractivity contribution in [3.63, 3.8) is 0 Å². The highest BCUT2D eigenvalue weighted by Gasteiger charge is 2.30. The Hall–Kier alpha value is 0.270. The van der Waals surface area contributed by atoms with Crippen LogP contribution in [0.4, 0.5) is 0 Å². The lowest BCUT2D eigenvalue weighted by atomic mass is 9.82. The summed E-state index contributed by atoms with van der Waals surface area (Å²) in [7, 11) is 0. The molecular formula is C13H26N2S. The summed E-state index contributed by atoms with van der Waals surface area (Å²) < 4.78 is 0. The van der Waals surface area contributed by atoms with Crippen LogP contribution in [0.5, 0.6) is 0 Å². The van der Waals surface area contributed by atoms with Gasteiger partial charge in [-0.05, 0) is 31.2 Å². The predicted octanol–water partition coefficient (Wildman–Crippen LogP) is 2.20. The molecule has 2 saturated heterocycles. The molecule has 0 aromatic heterocycles. The molecule has 0 aliphatic carbocycles. The normalized spacial score (nSPS) is 37.5. The van der Waals surface area contributed by atoms with Crippen LogP contribution in [0.3, 0.4) is 0 Å². The average molecular weight is 242 g/mol. The van der Waals surface area contributed by atoms with Crippen molar-refractivity contribution in [2.45, 2.75) is 38.4 Å². The molecule has 0 aromatic rings. The highest BCUT2D eigenvalue weighted by molar-refractivity contribution is 8.00. The van der Waals surface area contributed by atoms with Crippen molar-refractivity contribution in [1.29, 1.82) is 0 Å². The minimum absolute atomic E-state index is 0.526. The molecule has 0 radical (unpaired) electrons. The highest BCUT2D eigenvalue weighted by atomic mass is 32.2. The standard InChI is InChI=1S/C13H26N2S/c1-3-12-9-15(7-8-16-12)11-13(2)5-4-6-14-10-13/h12,14H,3-11H2,1-2H3. The van der Waals surface area contributed by atoms with Gasteiger partial charge in [-0.3, -0.25) is 0 Å². The first-order valence-electron chi connectivity index (χ1n) is 6.76. The van der Waals surface area contributed by atoms with E-state index in [0.29, 0.717) is 5.41 Å². The van der Waals surface area contributed by atoms with Crippen LogP contribution >= 0.6 is 11.8 Å². The van der Waals surface area contributed by atoms with Gasteiger partial charge in [-0.2, -0.15) is 11.8 Å². The largest absolute Gasteiger partial charge is 0.316 e. The summed E-state index contributed by atoms with van der Waals surface area (Å²) in [6.07, 6.45) is 4.09. The van der Waals surface area contributed by atoms with Crippen molar-refractivity contribution in [3.8, 4) is 0 Å². The van der Waals surface area contributed by atoms with E-state index in [-0.39, 0.29) is 0 Å². The smallest absolute Gasteiger partial charge is 0.0172 e. The van der Waals surface area contributed by atoms with Gasteiger partial charge in [0.15, 0.2) is 0 Å². The molecule has 2 aliphatic rings. The molecule has 2 heterocycles. The number of nitrogens with one attached hydrogen (secondary N) is 1. The molecule has 2 aliphatic heterocycles. The Balaban J connectivity index is 1.83. The molecule has 16 heavy (non-hydrogen) atoms. The van der Waals surface area contributed by atoms with Crippen LogP contribution in [0.1, 0.15) is 33.1 Å². The van der Waals surface area contributed by atoms with Crippen molar-refractivity contribution in [2.75, 3.05) is 38.5 Å². The Morgan fingerprint density at radius 3 is 3.06 bits per heavy atom. The second kappa shape index (κ2) is 5.74. The summed E-state index contributed by atoms with van der Waals surface area (Å²) in [5.41, 5.74) is 0.526. The maximum Gasteiger partial charge on any atom is 0.0172 e. The molecule has 0 bridgehead atoms. The van der Waals surface area contributed by atoms with Gasteiger partial charge in [-0.15, -0.1) is 0 Å². The van der Waals surface area contributed by atoms with Crippen molar-refractivity contribution in [3.05, 3.63) is 0 Å². The molecule has 2 atom stereocenters. The molecule has 2 rings (SSSR count). The van der Waals surface area contributed by atoms with E-state index in [1.165, 1.54) is 57.7 Å². The zero-order valence-corrected chi connectivity index (χ0v) is 11.6. The first-order valence-corrected chi connectivity index (χ1v) is 7.81. The Bertz CT molecular complexity index is 214. The number of nitrogens with zero attached hydrogens (tertiary/aromatic N) is 1. The van der Waals surface area contributed by atoms with Gasteiger partial charge in [0.05, 0.1) is 0 Å². The first kappa shape index (κ1) is 12.7. The molecule has 2 nitrogen and oxygen atoms in total. The summed E-state index contributed by atoms with van der Waals surface area (Å²) >= 11 is 2.17. The SMILES string of the molecule is CCC1CN(CC2(C)CCCNC2)CCS1. The monoisotopic (exact) mass is 242 g/mol. The van der Waals surface area contributed by atoms with Gasteiger partial charge in [-0.1, -0.05) is 13.8 Å². The average Bonchev–Trinajstić information content (AvgIpc) is 2.29. The van der Waals surface area contributed by atoms with Gasteiger partial charge in [0, 0.05) is 37.2 Å². The first-order chi connectivity index (χ1) is 7.72. The lowest BCUT2D eigenvalue weighted by Gasteiger charge is -2.41. The molecule has 2 fully saturated rings. The summed E-state index contributed by atoms with van der Waals surface area (Å²) in [6, 6.07) is 0.